The van der Waals surface area contributed by atoms with Crippen LogP contribution in [0.15, 0.2) is 0 Å². The van der Waals surface area contributed by atoms with Gasteiger partial charge < -0.3 is 47.7 Å². The molecule has 0 aromatic carbocycles. The lowest BCUT2D eigenvalue weighted by atomic mass is 9.83. The molecule has 0 bridgehead atoms. The molecule has 15 heteroatoms. The molecule has 0 aliphatic heterocycles. The summed E-state index contributed by atoms with van der Waals surface area (Å²) in [4.78, 5) is 54.0. The number of nitrogens with two attached hydrogens (primary N) is 3. The maximum atomic E-state index is 14.1. The molecule has 9 atom stereocenters. The van der Waals surface area contributed by atoms with Crippen molar-refractivity contribution in [3.05, 3.63) is 0 Å². The highest BCUT2D eigenvalue weighted by atomic mass is 19.1. The van der Waals surface area contributed by atoms with Crippen LogP contribution < -0.4 is 33.2 Å². The number of rotatable bonds is 28. The van der Waals surface area contributed by atoms with E-state index in [1.165, 1.54) is 0 Å². The van der Waals surface area contributed by atoms with Crippen molar-refractivity contribution >= 4 is 23.6 Å². The molecule has 10 N–H and O–H groups in total. The number of ether oxygens (including phenoxy) is 2. The zero-order valence-corrected chi connectivity index (χ0v) is 33.6. The number of carbonyl (C=O) groups is 4. The first kappa shape index (κ1) is 48.6. The first-order valence-electron chi connectivity index (χ1n) is 19.9. The highest BCUT2D eigenvalue weighted by Gasteiger charge is 2.38. The van der Waals surface area contributed by atoms with Crippen molar-refractivity contribution < 1.29 is 38.1 Å². The molecule has 1 fully saturated rings. The minimum atomic E-state index is -1.28. The van der Waals surface area contributed by atoms with Crippen LogP contribution in [0.5, 0.6) is 0 Å². The van der Waals surface area contributed by atoms with E-state index in [9.17, 15) is 28.7 Å². The molecular weight excluding hydrogens is 685 g/mol. The molecule has 1 unspecified atom stereocenters. The number of carbonyl (C=O) groups excluding carboxylic acids is 4. The van der Waals surface area contributed by atoms with Gasteiger partial charge in [0.1, 0.15) is 24.5 Å². The Morgan fingerprint density at radius 1 is 0.868 bits per heavy atom. The van der Waals surface area contributed by atoms with Gasteiger partial charge in [0, 0.05) is 25.0 Å². The number of halogens is 1. The second-order valence-corrected chi connectivity index (χ2v) is 15.6. The summed E-state index contributed by atoms with van der Waals surface area (Å²) >= 11 is 0. The molecule has 1 saturated carbocycles. The number of nitrogens with one attached hydrogen (secondary N) is 3. The molecule has 310 valence electrons. The molecule has 0 heterocycles. The number of hydrogen-bond acceptors (Lipinski definition) is 10. The van der Waals surface area contributed by atoms with Gasteiger partial charge in [-0.15, -0.1) is 0 Å². The van der Waals surface area contributed by atoms with Crippen LogP contribution in [0, 0.1) is 23.7 Å². The Balaban J connectivity index is 3.12. The van der Waals surface area contributed by atoms with Crippen molar-refractivity contribution in [2.75, 3.05) is 40.0 Å². The summed E-state index contributed by atoms with van der Waals surface area (Å²) < 4.78 is 25.1. The lowest BCUT2D eigenvalue weighted by molar-refractivity contribution is -0.142. The van der Waals surface area contributed by atoms with Gasteiger partial charge in [0.15, 0.2) is 0 Å². The molecule has 1 rings (SSSR count). The van der Waals surface area contributed by atoms with E-state index in [2.05, 4.69) is 22.9 Å². The fourth-order valence-corrected chi connectivity index (χ4v) is 6.76. The number of primary amides is 1. The summed E-state index contributed by atoms with van der Waals surface area (Å²) in [5.41, 5.74) is 16.4. The van der Waals surface area contributed by atoms with E-state index < -0.39 is 54.2 Å². The van der Waals surface area contributed by atoms with E-state index >= 15 is 0 Å². The van der Waals surface area contributed by atoms with Gasteiger partial charge in [0.25, 0.3) is 0 Å². The molecular formula is C38H74FN7O7. The minimum absolute atomic E-state index is 0.0637. The lowest BCUT2D eigenvalue weighted by Gasteiger charge is -2.39. The fraction of sp³-hybridized carbons (Fsp3) is 0.895. The molecule has 4 amide bonds. The van der Waals surface area contributed by atoms with Gasteiger partial charge in [-0.2, -0.15) is 0 Å². The third-order valence-corrected chi connectivity index (χ3v) is 10.2. The van der Waals surface area contributed by atoms with Crippen LogP contribution in [-0.4, -0.2) is 116 Å². The predicted molar refractivity (Wildman–Crippen MR) is 205 cm³/mol. The Hall–Kier alpha value is -2.43. The maximum Gasteiger partial charge on any atom is 0.243 e. The van der Waals surface area contributed by atoms with Crippen molar-refractivity contribution in [1.82, 2.24) is 20.9 Å². The number of alkyl halides is 1. The van der Waals surface area contributed by atoms with Gasteiger partial charge in [-0.05, 0) is 51.5 Å². The largest absolute Gasteiger partial charge is 0.378 e. The number of hydrogen-bond donors (Lipinski definition) is 7. The summed E-state index contributed by atoms with van der Waals surface area (Å²) in [6.07, 6.45) is 6.80. The lowest BCUT2D eigenvalue weighted by Crippen LogP contribution is -2.60. The van der Waals surface area contributed by atoms with E-state index in [0.29, 0.717) is 12.8 Å². The van der Waals surface area contributed by atoms with Gasteiger partial charge in [0.05, 0.1) is 37.9 Å². The summed E-state index contributed by atoms with van der Waals surface area (Å²) in [7, 11) is 1.71. The topological polar surface area (TPSA) is 224 Å². The normalized spacial score (nSPS) is 19.0. The monoisotopic (exact) mass is 760 g/mol. The Labute approximate surface area is 317 Å². The van der Waals surface area contributed by atoms with Gasteiger partial charge in [-0.1, -0.05) is 79.6 Å². The number of aliphatic hydroxyl groups excluding tert-OH is 1. The number of nitrogens with zero attached hydrogens (tertiary/aromatic N) is 1. The molecule has 14 nitrogen and oxygen atoms in total. The van der Waals surface area contributed by atoms with Gasteiger partial charge >= 0.3 is 0 Å². The van der Waals surface area contributed by atoms with Crippen LogP contribution in [0.25, 0.3) is 0 Å². The molecule has 0 spiro atoms. The first-order chi connectivity index (χ1) is 25.1. The van der Waals surface area contributed by atoms with E-state index in [1.807, 2.05) is 27.7 Å². The zero-order valence-electron chi connectivity index (χ0n) is 33.6. The van der Waals surface area contributed by atoms with Crippen LogP contribution in [-0.2, 0) is 28.7 Å². The van der Waals surface area contributed by atoms with E-state index in [4.69, 9.17) is 26.7 Å². The summed E-state index contributed by atoms with van der Waals surface area (Å²) in [6.45, 7) is 11.4. The molecule has 1 aliphatic carbocycles. The second-order valence-electron chi connectivity index (χ2n) is 15.6. The minimum Gasteiger partial charge on any atom is -0.378 e. The third-order valence-electron chi connectivity index (χ3n) is 10.2. The predicted octanol–water partition coefficient (Wildman–Crippen LogP) is 2.09. The standard InChI is InChI=1S/C38H74FN7O7/c1-8-9-10-14-17-32(53-22-26(5)43-35(48)25(4)21-52-23-29(39)19-40)27(6)38(51)46(7)31(18-24(2)3)36(49)45-33(28-15-12-11-13-16-28)37(50)44-30(20-41)34(42)47/h24-33,38,51H,8-23,40-41H2,1-7H3,(H2,42,47)(H,43,48)(H,44,50)(H,45,49)/t25-,26+,27+,29+,30-,31-,32+,33-,38?/m0/s1. The molecule has 53 heavy (non-hydrogen) atoms. The Bertz CT molecular complexity index is 1070. The van der Waals surface area contributed by atoms with E-state index in [0.717, 1.165) is 57.8 Å². The maximum absolute atomic E-state index is 14.1. The zero-order chi connectivity index (χ0) is 40.1. The highest BCUT2D eigenvalue weighted by molar-refractivity contribution is 5.93. The van der Waals surface area contributed by atoms with Crippen LogP contribution in [0.4, 0.5) is 4.39 Å². The van der Waals surface area contributed by atoms with Crippen molar-refractivity contribution in [1.29, 1.82) is 0 Å². The highest BCUT2D eigenvalue weighted by Crippen LogP contribution is 2.28. The number of unbranched alkanes of at least 4 members (excludes halogenated alkanes) is 3. The van der Waals surface area contributed by atoms with Gasteiger partial charge in [-0.25, -0.2) is 4.39 Å². The Kier molecular flexibility index (Phi) is 24.2. The van der Waals surface area contributed by atoms with Crippen molar-refractivity contribution in [3.63, 3.8) is 0 Å². The quantitative estimate of drug-likeness (QED) is 0.0454. The van der Waals surface area contributed by atoms with Crippen molar-refractivity contribution in [3.8, 4) is 0 Å². The average molecular weight is 760 g/mol. The van der Waals surface area contributed by atoms with E-state index in [1.54, 1.807) is 18.9 Å². The first-order valence-corrected chi connectivity index (χ1v) is 19.9. The van der Waals surface area contributed by atoms with Gasteiger partial charge in [0.2, 0.25) is 23.6 Å². The van der Waals surface area contributed by atoms with Crippen molar-refractivity contribution in [2.45, 2.75) is 155 Å². The number of likely N-dealkylation sites (N-methyl/N-ethyl adjacent to an activating group) is 1. The van der Waals surface area contributed by atoms with Crippen LogP contribution in [0.2, 0.25) is 0 Å². The number of amides is 4. The summed E-state index contributed by atoms with van der Waals surface area (Å²) in [6, 6.07) is -3.06. The fourth-order valence-electron chi connectivity index (χ4n) is 6.76. The summed E-state index contributed by atoms with van der Waals surface area (Å²) in [5, 5.41) is 20.4. The Morgan fingerprint density at radius 3 is 2.09 bits per heavy atom. The van der Waals surface area contributed by atoms with Crippen LogP contribution in [0.3, 0.4) is 0 Å². The van der Waals surface area contributed by atoms with Gasteiger partial charge in [-0.3, -0.25) is 24.1 Å². The SMILES string of the molecule is CCCCCC[C@@H](OC[C@@H](C)NC(=O)[C@@H](C)COC[C@H](F)CN)[C@@H](C)C(O)N(C)[C@@H](CC(C)C)C(=O)N[C@H](C(=O)N[C@@H](CN)C(N)=O)C1CCCCC1. The molecule has 0 saturated heterocycles. The smallest absolute Gasteiger partial charge is 0.243 e. The second kappa shape index (κ2) is 26.4. The molecule has 0 aromatic rings. The average Bonchev–Trinajstić information content (AvgIpc) is 3.13. The molecule has 1 aliphatic rings. The number of aliphatic hydroxyl groups is 1. The summed E-state index contributed by atoms with van der Waals surface area (Å²) in [5.74, 6) is -2.83. The Morgan fingerprint density at radius 2 is 1.53 bits per heavy atom. The van der Waals surface area contributed by atoms with Crippen molar-refractivity contribution in [2.24, 2.45) is 40.9 Å². The van der Waals surface area contributed by atoms with Crippen LogP contribution >= 0.6 is 0 Å². The van der Waals surface area contributed by atoms with E-state index in [-0.39, 0.29) is 68.7 Å². The van der Waals surface area contributed by atoms with Crippen LogP contribution in [0.1, 0.15) is 112 Å². The molecule has 0 radical (unpaired) electrons. The molecule has 0 aromatic heterocycles. The third kappa shape index (κ3) is 18.2.